The highest BCUT2D eigenvalue weighted by Crippen LogP contribution is 2.28. The second kappa shape index (κ2) is 6.62. The molecule has 0 saturated carbocycles. The maximum atomic E-state index is 12.6. The molecule has 1 aliphatic rings. The molecule has 0 amide bonds. The Hall–Kier alpha value is -0.340. The Morgan fingerprint density at radius 1 is 1.55 bits per heavy atom. The molecule has 20 heavy (non-hydrogen) atoms. The van der Waals surface area contributed by atoms with Crippen LogP contribution in [-0.2, 0) is 17.1 Å². The summed E-state index contributed by atoms with van der Waals surface area (Å²) in [5.74, 6) is 0.257. The molecule has 9 heteroatoms. The lowest BCUT2D eigenvalue weighted by atomic mass is 9.93. The van der Waals surface area contributed by atoms with Crippen LogP contribution in [-0.4, -0.2) is 41.4 Å². The summed E-state index contributed by atoms with van der Waals surface area (Å²) in [4.78, 5) is 3.91. The number of hydrogen-bond donors (Lipinski definition) is 1. The zero-order valence-corrected chi connectivity index (χ0v) is 13.9. The van der Waals surface area contributed by atoms with Crippen molar-refractivity contribution in [1.82, 2.24) is 13.9 Å². The van der Waals surface area contributed by atoms with Crippen molar-refractivity contribution in [2.75, 3.05) is 13.1 Å². The summed E-state index contributed by atoms with van der Waals surface area (Å²) in [6.45, 7) is 2.84. The van der Waals surface area contributed by atoms with Gasteiger partial charge >= 0.3 is 0 Å². The van der Waals surface area contributed by atoms with Crippen molar-refractivity contribution in [1.29, 1.82) is 0 Å². The summed E-state index contributed by atoms with van der Waals surface area (Å²) in [7, 11) is -1.96. The van der Waals surface area contributed by atoms with E-state index in [0.29, 0.717) is 13.1 Å². The van der Waals surface area contributed by atoms with E-state index in [2.05, 4.69) is 4.98 Å². The molecular formula is C11H20Cl2N4O2S. The van der Waals surface area contributed by atoms with E-state index in [9.17, 15) is 8.42 Å². The minimum Gasteiger partial charge on any atom is -0.329 e. The number of piperidine rings is 1. The van der Waals surface area contributed by atoms with Gasteiger partial charge in [-0.2, -0.15) is 4.31 Å². The molecule has 1 fully saturated rings. The minimum absolute atomic E-state index is 0. The van der Waals surface area contributed by atoms with Crippen molar-refractivity contribution in [3.05, 3.63) is 11.5 Å². The zero-order chi connectivity index (χ0) is 14.2. The van der Waals surface area contributed by atoms with Gasteiger partial charge in [-0.25, -0.2) is 13.4 Å². The average Bonchev–Trinajstić information content (AvgIpc) is 2.70. The van der Waals surface area contributed by atoms with Crippen LogP contribution in [0, 0.1) is 5.92 Å². The molecule has 2 N–H and O–H groups in total. The molecule has 0 radical (unpaired) electrons. The van der Waals surface area contributed by atoms with E-state index < -0.39 is 10.0 Å². The van der Waals surface area contributed by atoms with Crippen LogP contribution in [0.2, 0.25) is 5.28 Å². The van der Waals surface area contributed by atoms with Crippen LogP contribution in [0.5, 0.6) is 0 Å². The molecule has 1 aromatic rings. The third-order valence-electron chi connectivity index (χ3n) is 3.68. The predicted octanol–water partition coefficient (Wildman–Crippen LogP) is 1.24. The van der Waals surface area contributed by atoms with Gasteiger partial charge in [-0.15, -0.1) is 12.4 Å². The summed E-state index contributed by atoms with van der Waals surface area (Å²) in [6, 6.07) is -0.167. The maximum absolute atomic E-state index is 12.6. The lowest BCUT2D eigenvalue weighted by Gasteiger charge is -2.37. The summed E-state index contributed by atoms with van der Waals surface area (Å²) in [5, 5.41) is 0.153. The Labute approximate surface area is 130 Å². The number of nitrogens with two attached hydrogens (primary N) is 1. The minimum atomic E-state index is -3.62. The van der Waals surface area contributed by atoms with Crippen LogP contribution < -0.4 is 5.73 Å². The van der Waals surface area contributed by atoms with E-state index in [-0.39, 0.29) is 34.7 Å². The van der Waals surface area contributed by atoms with Gasteiger partial charge in [-0.05, 0) is 30.4 Å². The van der Waals surface area contributed by atoms with Crippen LogP contribution in [0.15, 0.2) is 11.2 Å². The first-order valence-electron chi connectivity index (χ1n) is 6.28. The number of aromatic nitrogens is 2. The number of nitrogens with zero attached hydrogens (tertiary/aromatic N) is 3. The van der Waals surface area contributed by atoms with E-state index in [1.807, 2.05) is 6.92 Å². The topological polar surface area (TPSA) is 81.2 Å². The van der Waals surface area contributed by atoms with Crippen molar-refractivity contribution in [3.63, 3.8) is 0 Å². The highest BCUT2D eigenvalue weighted by Gasteiger charge is 2.37. The van der Waals surface area contributed by atoms with E-state index >= 15 is 0 Å². The molecule has 0 spiro atoms. The quantitative estimate of drug-likeness (QED) is 0.895. The number of aryl methyl sites for hydroxylation is 1. The second-order valence-electron chi connectivity index (χ2n) is 5.00. The van der Waals surface area contributed by atoms with Gasteiger partial charge in [0.1, 0.15) is 0 Å². The SMILES string of the molecule is CC1CCCN(S(=O)(=O)c2cn(C)c(Cl)n2)C1CN.Cl. The molecule has 0 aliphatic carbocycles. The summed E-state index contributed by atoms with van der Waals surface area (Å²) < 4.78 is 28.2. The fraction of sp³-hybridized carbons (Fsp3) is 0.727. The molecule has 2 heterocycles. The molecule has 1 aromatic heterocycles. The van der Waals surface area contributed by atoms with E-state index in [0.717, 1.165) is 12.8 Å². The molecule has 0 aromatic carbocycles. The first-order chi connectivity index (χ1) is 8.87. The Morgan fingerprint density at radius 3 is 2.70 bits per heavy atom. The molecule has 2 rings (SSSR count). The highest BCUT2D eigenvalue weighted by atomic mass is 35.5. The first-order valence-corrected chi connectivity index (χ1v) is 8.10. The largest absolute Gasteiger partial charge is 0.329 e. The predicted molar refractivity (Wildman–Crippen MR) is 80.6 cm³/mol. The van der Waals surface area contributed by atoms with Gasteiger partial charge < -0.3 is 10.3 Å². The molecule has 2 atom stereocenters. The lowest BCUT2D eigenvalue weighted by molar-refractivity contribution is 0.192. The third kappa shape index (κ3) is 3.12. The third-order valence-corrected chi connectivity index (χ3v) is 5.82. The van der Waals surface area contributed by atoms with E-state index in [4.69, 9.17) is 17.3 Å². The second-order valence-corrected chi connectivity index (χ2v) is 7.17. The first kappa shape index (κ1) is 17.7. The lowest BCUT2D eigenvalue weighted by Crippen LogP contribution is -2.51. The van der Waals surface area contributed by atoms with Crippen molar-refractivity contribution >= 4 is 34.0 Å². The van der Waals surface area contributed by atoms with Crippen molar-refractivity contribution < 1.29 is 8.42 Å². The summed E-state index contributed by atoms with van der Waals surface area (Å²) >= 11 is 5.82. The van der Waals surface area contributed by atoms with Crippen molar-refractivity contribution in [2.24, 2.45) is 18.7 Å². The van der Waals surface area contributed by atoms with Gasteiger partial charge in [0.05, 0.1) is 0 Å². The Kier molecular flexibility index (Phi) is 5.86. The highest BCUT2D eigenvalue weighted by molar-refractivity contribution is 7.89. The standard InChI is InChI=1S/C11H19ClN4O2S.ClH/c1-8-4-3-5-16(9(8)6-13)19(17,18)10-7-15(2)11(12)14-10;/h7-9H,3-6,13H2,1-2H3;1H. The van der Waals surface area contributed by atoms with E-state index in [1.54, 1.807) is 7.05 Å². The smallest absolute Gasteiger partial charge is 0.262 e. The Morgan fingerprint density at radius 2 is 2.20 bits per heavy atom. The van der Waals surface area contributed by atoms with Crippen LogP contribution >= 0.6 is 24.0 Å². The maximum Gasteiger partial charge on any atom is 0.262 e. The van der Waals surface area contributed by atoms with Gasteiger partial charge in [0.2, 0.25) is 5.28 Å². The fourth-order valence-electron chi connectivity index (χ4n) is 2.52. The van der Waals surface area contributed by atoms with Crippen LogP contribution in [0.25, 0.3) is 0 Å². The molecular weight excluding hydrogens is 323 g/mol. The number of rotatable bonds is 3. The van der Waals surface area contributed by atoms with Crippen LogP contribution in [0.1, 0.15) is 19.8 Å². The fourth-order valence-corrected chi connectivity index (χ4v) is 4.46. The van der Waals surface area contributed by atoms with Crippen LogP contribution in [0.3, 0.4) is 0 Å². The van der Waals surface area contributed by atoms with E-state index in [1.165, 1.54) is 15.1 Å². The van der Waals surface area contributed by atoms with Gasteiger partial charge in [-0.1, -0.05) is 6.92 Å². The van der Waals surface area contributed by atoms with Crippen molar-refractivity contribution in [3.8, 4) is 0 Å². The zero-order valence-electron chi connectivity index (χ0n) is 11.5. The molecule has 116 valence electrons. The van der Waals surface area contributed by atoms with Crippen LogP contribution in [0.4, 0.5) is 0 Å². The van der Waals surface area contributed by atoms with Gasteiger partial charge in [0, 0.05) is 32.4 Å². The number of hydrogen-bond acceptors (Lipinski definition) is 4. The van der Waals surface area contributed by atoms with Crippen molar-refractivity contribution in [2.45, 2.75) is 30.8 Å². The number of halogens is 2. The monoisotopic (exact) mass is 342 g/mol. The average molecular weight is 343 g/mol. The number of imidazole rings is 1. The molecule has 0 bridgehead atoms. The Balaban J connectivity index is 0.00000200. The summed E-state index contributed by atoms with van der Waals surface area (Å²) in [6.07, 6.45) is 3.28. The Bertz CT molecular complexity index is 541. The molecule has 2 unspecified atom stereocenters. The normalized spacial score (nSPS) is 24.4. The molecule has 1 aliphatic heterocycles. The molecule has 6 nitrogen and oxygen atoms in total. The number of sulfonamides is 1. The molecule has 1 saturated heterocycles. The summed E-state index contributed by atoms with van der Waals surface area (Å²) in [5.41, 5.74) is 5.74. The van der Waals surface area contributed by atoms with Gasteiger partial charge in [0.15, 0.2) is 5.03 Å². The van der Waals surface area contributed by atoms with Gasteiger partial charge in [-0.3, -0.25) is 0 Å². The van der Waals surface area contributed by atoms with Gasteiger partial charge in [0.25, 0.3) is 10.0 Å².